The normalized spacial score (nSPS) is 10.7. The van der Waals surface area contributed by atoms with E-state index in [0.717, 1.165) is 32.6 Å². The van der Waals surface area contributed by atoms with Crippen LogP contribution in [0.4, 0.5) is 10.8 Å². The second-order valence-electron chi connectivity index (χ2n) is 6.13. The van der Waals surface area contributed by atoms with E-state index < -0.39 is 0 Å². The average molecular weight is 390 g/mol. The Balaban J connectivity index is 1.78. The molecule has 0 saturated heterocycles. The molecule has 0 spiro atoms. The van der Waals surface area contributed by atoms with Crippen LogP contribution in [0.1, 0.15) is 5.56 Å². The van der Waals surface area contributed by atoms with Crippen LogP contribution < -0.4 is 5.32 Å². The van der Waals surface area contributed by atoms with Gasteiger partial charge in [0.25, 0.3) is 0 Å². The Labute approximate surface area is 167 Å². The first-order chi connectivity index (χ1) is 13.2. The summed E-state index contributed by atoms with van der Waals surface area (Å²) in [6.07, 6.45) is 3.88. The Hall–Kier alpha value is -2.63. The van der Waals surface area contributed by atoms with Gasteiger partial charge in [0.15, 0.2) is 0 Å². The molecule has 0 fully saturated rings. The predicted molar refractivity (Wildman–Crippen MR) is 117 cm³/mol. The molecule has 0 aliphatic carbocycles. The molecule has 0 radical (unpaired) electrons. The minimum absolute atomic E-state index is 0.819. The molecule has 27 heavy (non-hydrogen) atoms. The monoisotopic (exact) mass is 389 g/mol. The number of anilines is 2. The molecule has 4 rings (SSSR count). The summed E-state index contributed by atoms with van der Waals surface area (Å²) in [4.78, 5) is 10.6. The molecule has 2 aromatic heterocycles. The maximum absolute atomic E-state index is 4.96. The van der Waals surface area contributed by atoms with Crippen LogP contribution in [-0.2, 0) is 0 Å². The van der Waals surface area contributed by atoms with Gasteiger partial charge in [0.1, 0.15) is 21.5 Å². The highest BCUT2D eigenvalue weighted by molar-refractivity contribution is 7.98. The molecule has 2 heterocycles. The zero-order valence-corrected chi connectivity index (χ0v) is 16.8. The molecule has 0 unspecified atom stereocenters. The van der Waals surface area contributed by atoms with Gasteiger partial charge in [0.05, 0.1) is 0 Å². The van der Waals surface area contributed by atoms with Gasteiger partial charge in [-0.2, -0.15) is 0 Å². The fraction of sp³-hybridized carbons (Fsp3) is 0.0909. The predicted octanol–water partition coefficient (Wildman–Crippen LogP) is 6.65. The first kappa shape index (κ1) is 17.8. The zero-order valence-electron chi connectivity index (χ0n) is 15.1. The lowest BCUT2D eigenvalue weighted by atomic mass is 10.1. The zero-order chi connectivity index (χ0) is 18.6. The van der Waals surface area contributed by atoms with Gasteiger partial charge >= 0.3 is 0 Å². The van der Waals surface area contributed by atoms with E-state index in [2.05, 4.69) is 72.0 Å². The van der Waals surface area contributed by atoms with Gasteiger partial charge < -0.3 is 5.32 Å². The Kier molecular flexibility index (Phi) is 5.23. The smallest absolute Gasteiger partial charge is 0.130 e. The van der Waals surface area contributed by atoms with Crippen molar-refractivity contribution in [2.75, 3.05) is 11.6 Å². The van der Waals surface area contributed by atoms with Crippen molar-refractivity contribution in [1.82, 2.24) is 9.97 Å². The molecule has 3 nitrogen and oxygen atoms in total. The van der Waals surface area contributed by atoms with Crippen LogP contribution in [0.2, 0.25) is 0 Å². The first-order valence-corrected chi connectivity index (χ1v) is 10.7. The third kappa shape index (κ3) is 4.04. The van der Waals surface area contributed by atoms with E-state index in [1.165, 1.54) is 10.5 Å². The van der Waals surface area contributed by atoms with Crippen LogP contribution in [0.25, 0.3) is 21.8 Å². The van der Waals surface area contributed by atoms with Gasteiger partial charge in [-0.05, 0) is 43.5 Å². The summed E-state index contributed by atoms with van der Waals surface area (Å²) in [5.41, 5.74) is 4.41. The summed E-state index contributed by atoms with van der Waals surface area (Å²) in [6.45, 7) is 2.10. The van der Waals surface area contributed by atoms with Crippen LogP contribution in [-0.4, -0.2) is 16.2 Å². The SMILES string of the molecule is CSc1ccc(-c2nc(-c3cccc(C)c3)c(Nc3ccccn3)s2)cc1. The second kappa shape index (κ2) is 7.94. The standard InChI is InChI=1S/C22H19N3S2/c1-15-6-5-7-17(14-15)20-22(24-19-8-3-4-13-23-19)27-21(25-20)16-9-11-18(26-2)12-10-16/h3-14H,1-2H3,(H,23,24). The van der Waals surface area contributed by atoms with Gasteiger partial charge in [-0.3, -0.25) is 0 Å². The number of pyridine rings is 1. The van der Waals surface area contributed by atoms with Crippen molar-refractivity contribution in [2.45, 2.75) is 11.8 Å². The maximum atomic E-state index is 4.96. The third-order valence-electron chi connectivity index (χ3n) is 4.16. The fourth-order valence-corrected chi connectivity index (χ4v) is 4.21. The van der Waals surface area contributed by atoms with E-state index >= 15 is 0 Å². The molecule has 0 bridgehead atoms. The average Bonchev–Trinajstić information content (AvgIpc) is 3.12. The second-order valence-corrected chi connectivity index (χ2v) is 8.01. The summed E-state index contributed by atoms with van der Waals surface area (Å²) in [5, 5.41) is 5.44. The highest BCUT2D eigenvalue weighted by Crippen LogP contribution is 2.39. The summed E-state index contributed by atoms with van der Waals surface area (Å²) in [5.74, 6) is 0.819. The van der Waals surface area contributed by atoms with E-state index in [0.29, 0.717) is 0 Å². The Bertz CT molecular complexity index is 1040. The molecule has 4 aromatic rings. The number of nitrogens with one attached hydrogen (secondary N) is 1. The number of aromatic nitrogens is 2. The highest BCUT2D eigenvalue weighted by Gasteiger charge is 2.15. The van der Waals surface area contributed by atoms with Crippen LogP contribution in [0, 0.1) is 6.92 Å². The molecule has 1 N–H and O–H groups in total. The summed E-state index contributed by atoms with van der Waals surface area (Å²) in [7, 11) is 0. The van der Waals surface area contributed by atoms with Crippen LogP contribution in [0.15, 0.2) is 77.8 Å². The van der Waals surface area contributed by atoms with Crippen molar-refractivity contribution in [3.63, 3.8) is 0 Å². The van der Waals surface area contributed by atoms with E-state index in [4.69, 9.17) is 4.98 Å². The molecule has 2 aromatic carbocycles. The molecule has 0 aliphatic heterocycles. The molecule has 0 atom stereocenters. The highest BCUT2D eigenvalue weighted by atomic mass is 32.2. The number of thiazole rings is 1. The number of rotatable bonds is 5. The molecular weight excluding hydrogens is 370 g/mol. The maximum Gasteiger partial charge on any atom is 0.130 e. The van der Waals surface area contributed by atoms with Crippen molar-refractivity contribution >= 4 is 33.9 Å². The Morgan fingerprint density at radius 3 is 2.48 bits per heavy atom. The van der Waals surface area contributed by atoms with Crippen LogP contribution in [0.5, 0.6) is 0 Å². The van der Waals surface area contributed by atoms with Gasteiger partial charge in [-0.15, -0.1) is 11.8 Å². The number of benzene rings is 2. The lowest BCUT2D eigenvalue weighted by Crippen LogP contribution is -1.92. The van der Waals surface area contributed by atoms with Gasteiger partial charge in [0.2, 0.25) is 0 Å². The molecular formula is C22H19N3S2. The minimum Gasteiger partial charge on any atom is -0.330 e. The fourth-order valence-electron chi connectivity index (χ4n) is 2.80. The topological polar surface area (TPSA) is 37.8 Å². The van der Waals surface area contributed by atoms with E-state index in [9.17, 15) is 0 Å². The van der Waals surface area contributed by atoms with Gasteiger partial charge in [-0.1, -0.05) is 53.3 Å². The molecule has 5 heteroatoms. The van der Waals surface area contributed by atoms with Gasteiger partial charge in [-0.25, -0.2) is 9.97 Å². The van der Waals surface area contributed by atoms with E-state index in [1.54, 1.807) is 29.3 Å². The largest absolute Gasteiger partial charge is 0.330 e. The van der Waals surface area contributed by atoms with Crippen LogP contribution in [0.3, 0.4) is 0 Å². The number of hydrogen-bond acceptors (Lipinski definition) is 5. The summed E-state index contributed by atoms with van der Waals surface area (Å²) < 4.78 is 0. The Morgan fingerprint density at radius 1 is 0.926 bits per heavy atom. The number of aryl methyl sites for hydroxylation is 1. The van der Waals surface area contributed by atoms with Crippen LogP contribution >= 0.6 is 23.1 Å². The number of hydrogen-bond donors (Lipinski definition) is 1. The van der Waals surface area contributed by atoms with E-state index in [1.807, 2.05) is 18.2 Å². The Morgan fingerprint density at radius 2 is 1.78 bits per heavy atom. The number of nitrogens with zero attached hydrogens (tertiary/aromatic N) is 2. The van der Waals surface area contributed by atoms with Crippen molar-refractivity contribution in [2.24, 2.45) is 0 Å². The molecule has 0 amide bonds. The molecule has 0 saturated carbocycles. The lowest BCUT2D eigenvalue weighted by molar-refractivity contribution is 1.31. The van der Waals surface area contributed by atoms with Gasteiger partial charge in [0, 0.05) is 22.2 Å². The summed E-state index contributed by atoms with van der Waals surface area (Å²) in [6, 6.07) is 22.8. The van der Waals surface area contributed by atoms with Crippen molar-refractivity contribution < 1.29 is 0 Å². The van der Waals surface area contributed by atoms with Crippen molar-refractivity contribution in [1.29, 1.82) is 0 Å². The summed E-state index contributed by atoms with van der Waals surface area (Å²) >= 11 is 3.40. The minimum atomic E-state index is 0.819. The molecule has 134 valence electrons. The first-order valence-electron chi connectivity index (χ1n) is 8.63. The quantitative estimate of drug-likeness (QED) is 0.388. The van der Waals surface area contributed by atoms with Crippen molar-refractivity contribution in [3.05, 3.63) is 78.5 Å². The number of thioether (sulfide) groups is 1. The van der Waals surface area contributed by atoms with E-state index in [-0.39, 0.29) is 0 Å². The third-order valence-corrected chi connectivity index (χ3v) is 5.93. The van der Waals surface area contributed by atoms with Crippen molar-refractivity contribution in [3.8, 4) is 21.8 Å². The molecule has 0 aliphatic rings. The lowest BCUT2D eigenvalue weighted by Gasteiger charge is -2.05.